The minimum absolute atomic E-state index is 0.401. The molecule has 1 aliphatic heterocycles. The monoisotopic (exact) mass is 449 g/mol. The molecule has 2 heterocycles. The Bertz CT molecular complexity index is 748. The molecular weight excluding hydrogens is 406 g/mol. The molecule has 0 fully saturated rings. The van der Waals surface area contributed by atoms with Crippen LogP contribution in [0.2, 0.25) is 0 Å². The molecule has 0 atom stereocenters. The number of nitrogens with zero attached hydrogens (tertiary/aromatic N) is 4. The molecule has 32 heavy (non-hydrogen) atoms. The van der Waals surface area contributed by atoms with Crippen molar-refractivity contribution in [2.24, 2.45) is 4.99 Å². The third-order valence-corrected chi connectivity index (χ3v) is 5.83. The number of hydrogen-bond donors (Lipinski definition) is 3. The summed E-state index contributed by atoms with van der Waals surface area (Å²) < 4.78 is 7.75. The van der Waals surface area contributed by atoms with Crippen molar-refractivity contribution in [3.63, 3.8) is 0 Å². The lowest BCUT2D eigenvalue weighted by Gasteiger charge is -2.32. The largest absolute Gasteiger partial charge is 0.444 e. The Morgan fingerprint density at radius 2 is 1.84 bits per heavy atom. The van der Waals surface area contributed by atoms with Gasteiger partial charge in [-0.1, -0.05) is 20.3 Å². The highest BCUT2D eigenvalue weighted by atomic mass is 16.6. The molecule has 1 aliphatic rings. The van der Waals surface area contributed by atoms with E-state index in [1.165, 1.54) is 19.3 Å². The Hall–Kier alpha value is -2.32. The fourth-order valence-electron chi connectivity index (χ4n) is 3.81. The number of fused-ring (bicyclic) bond motifs is 1. The van der Waals surface area contributed by atoms with Gasteiger partial charge in [0.15, 0.2) is 5.96 Å². The summed E-state index contributed by atoms with van der Waals surface area (Å²) in [5, 5.41) is 18.6. The molecular formula is C23H43N7O2. The zero-order valence-corrected chi connectivity index (χ0v) is 20.9. The van der Waals surface area contributed by atoms with Gasteiger partial charge < -0.3 is 25.3 Å². The van der Waals surface area contributed by atoms with Crippen molar-refractivity contribution < 1.29 is 9.53 Å². The summed E-state index contributed by atoms with van der Waals surface area (Å²) in [5.74, 6) is 2.88. The lowest BCUT2D eigenvalue weighted by atomic mass is 9.93. The molecule has 0 spiro atoms. The predicted molar refractivity (Wildman–Crippen MR) is 128 cm³/mol. The molecule has 9 heteroatoms. The van der Waals surface area contributed by atoms with E-state index in [9.17, 15) is 4.79 Å². The van der Waals surface area contributed by atoms with Crippen LogP contribution in [0.25, 0.3) is 0 Å². The van der Waals surface area contributed by atoms with E-state index in [-0.39, 0.29) is 0 Å². The first-order chi connectivity index (χ1) is 15.2. The quantitative estimate of drug-likeness (QED) is 0.395. The normalized spacial score (nSPS) is 15.0. The molecule has 1 amide bonds. The fourth-order valence-corrected chi connectivity index (χ4v) is 3.81. The highest BCUT2D eigenvalue weighted by Crippen LogP contribution is 2.18. The van der Waals surface area contributed by atoms with Gasteiger partial charge in [-0.25, -0.2) is 4.79 Å². The van der Waals surface area contributed by atoms with Gasteiger partial charge >= 0.3 is 6.09 Å². The van der Waals surface area contributed by atoms with Crippen molar-refractivity contribution in [1.29, 1.82) is 0 Å². The van der Waals surface area contributed by atoms with E-state index in [2.05, 4.69) is 44.6 Å². The second-order valence-corrected chi connectivity index (χ2v) is 9.48. The lowest BCUT2D eigenvalue weighted by Crippen LogP contribution is -2.52. The number of aryl methyl sites for hydroxylation is 1. The number of guanidine groups is 1. The molecule has 3 N–H and O–H groups in total. The summed E-state index contributed by atoms with van der Waals surface area (Å²) in [4.78, 5) is 17.2. The number of alkyl carbamates (subject to hydrolysis) is 1. The summed E-state index contributed by atoms with van der Waals surface area (Å²) in [7, 11) is 0. The number of rotatable bonds is 9. The van der Waals surface area contributed by atoms with Crippen molar-refractivity contribution in [3.8, 4) is 0 Å². The van der Waals surface area contributed by atoms with Crippen LogP contribution < -0.4 is 16.0 Å². The van der Waals surface area contributed by atoms with Crippen molar-refractivity contribution in [2.45, 2.75) is 104 Å². The molecule has 0 saturated heterocycles. The number of hydrogen-bond acceptors (Lipinski definition) is 5. The van der Waals surface area contributed by atoms with Crippen LogP contribution in [-0.2, 0) is 24.1 Å². The molecule has 9 nitrogen and oxygen atoms in total. The minimum atomic E-state index is -0.531. The molecule has 182 valence electrons. The topological polar surface area (TPSA) is 105 Å². The smallest absolute Gasteiger partial charge is 0.408 e. The van der Waals surface area contributed by atoms with Crippen molar-refractivity contribution in [2.75, 3.05) is 19.6 Å². The first-order valence-corrected chi connectivity index (χ1v) is 12.2. The highest BCUT2D eigenvalue weighted by Gasteiger charge is 2.30. The van der Waals surface area contributed by atoms with Crippen LogP contribution in [0.1, 0.15) is 85.3 Å². The Morgan fingerprint density at radius 1 is 1.09 bits per heavy atom. The minimum Gasteiger partial charge on any atom is -0.444 e. The average Bonchev–Trinajstić information content (AvgIpc) is 2.95. The number of carbonyl (C=O) groups is 1. The summed E-state index contributed by atoms with van der Waals surface area (Å²) in [5.41, 5.74) is -0.980. The third-order valence-electron chi connectivity index (χ3n) is 5.83. The van der Waals surface area contributed by atoms with Gasteiger partial charge in [0.05, 0.1) is 12.1 Å². The molecule has 0 radical (unpaired) electrons. The number of aromatic nitrogens is 3. The van der Waals surface area contributed by atoms with Gasteiger partial charge in [-0.2, -0.15) is 0 Å². The maximum absolute atomic E-state index is 12.4. The van der Waals surface area contributed by atoms with Gasteiger partial charge in [-0.15, -0.1) is 10.2 Å². The van der Waals surface area contributed by atoms with Crippen LogP contribution >= 0.6 is 0 Å². The maximum atomic E-state index is 12.4. The Morgan fingerprint density at radius 3 is 2.50 bits per heavy atom. The van der Waals surface area contributed by atoms with Gasteiger partial charge in [-0.05, 0) is 53.4 Å². The van der Waals surface area contributed by atoms with Crippen molar-refractivity contribution in [3.05, 3.63) is 11.6 Å². The van der Waals surface area contributed by atoms with E-state index in [1.54, 1.807) is 0 Å². The molecule has 1 aromatic heterocycles. The number of ether oxygens (including phenoxy) is 1. The van der Waals surface area contributed by atoms with Crippen molar-refractivity contribution >= 4 is 12.1 Å². The molecule has 0 aromatic carbocycles. The molecule has 0 saturated carbocycles. The zero-order valence-electron chi connectivity index (χ0n) is 20.9. The average molecular weight is 450 g/mol. The van der Waals surface area contributed by atoms with E-state index < -0.39 is 17.2 Å². The highest BCUT2D eigenvalue weighted by molar-refractivity contribution is 5.79. The second kappa shape index (κ2) is 12.1. The zero-order chi connectivity index (χ0) is 23.6. The predicted octanol–water partition coefficient (Wildman–Crippen LogP) is 3.19. The number of aliphatic imine (C=N–C) groups is 1. The first-order valence-electron chi connectivity index (χ1n) is 12.2. The Kier molecular flexibility index (Phi) is 9.78. The van der Waals surface area contributed by atoms with Gasteiger partial charge in [0.1, 0.15) is 17.2 Å². The summed E-state index contributed by atoms with van der Waals surface area (Å²) in [6.45, 7) is 14.7. The van der Waals surface area contributed by atoms with Crippen LogP contribution in [0.5, 0.6) is 0 Å². The number of carbonyl (C=O) groups excluding carboxylic acids is 1. The molecule has 1 aromatic rings. The van der Waals surface area contributed by atoms with Crippen LogP contribution in [-0.4, -0.2) is 57.6 Å². The van der Waals surface area contributed by atoms with E-state index in [1.807, 2.05) is 27.7 Å². The van der Waals surface area contributed by atoms with E-state index in [4.69, 9.17) is 9.73 Å². The second-order valence-electron chi connectivity index (χ2n) is 9.48. The number of nitrogens with one attached hydrogen (secondary N) is 3. The van der Waals surface area contributed by atoms with Crippen LogP contribution in [0.3, 0.4) is 0 Å². The molecule has 2 rings (SSSR count). The summed E-state index contributed by atoms with van der Waals surface area (Å²) in [6, 6.07) is 0. The van der Waals surface area contributed by atoms with Crippen LogP contribution in [0, 0.1) is 0 Å². The standard InChI is InChI=1S/C23H43N7O2/c1-7-23(8-2,27-21(31)32-22(4,5)6)17-26-20(24-9-3)25-15-14-19-29-28-18-13-11-10-12-16-30(18)19/h7-17H2,1-6H3,(H,27,31)(H2,24,25,26). The molecule has 0 unspecified atom stereocenters. The summed E-state index contributed by atoms with van der Waals surface area (Å²) >= 11 is 0. The van der Waals surface area contributed by atoms with Crippen LogP contribution in [0.15, 0.2) is 4.99 Å². The fraction of sp³-hybridized carbons (Fsp3) is 0.826. The van der Waals surface area contributed by atoms with E-state index in [0.29, 0.717) is 13.1 Å². The summed E-state index contributed by atoms with van der Waals surface area (Å²) in [6.07, 6.45) is 6.58. The first kappa shape index (κ1) is 25.9. The molecule has 0 aliphatic carbocycles. The van der Waals surface area contributed by atoms with E-state index in [0.717, 1.165) is 56.4 Å². The van der Waals surface area contributed by atoms with E-state index >= 15 is 0 Å². The van der Waals surface area contributed by atoms with Crippen molar-refractivity contribution in [1.82, 2.24) is 30.7 Å². The van der Waals surface area contributed by atoms with Crippen LogP contribution in [0.4, 0.5) is 4.79 Å². The SMILES string of the molecule is CCNC(=NCC(CC)(CC)NC(=O)OC(C)(C)C)NCCc1nnc2n1CCCCC2. The maximum Gasteiger partial charge on any atom is 0.408 e. The van der Waals surface area contributed by atoms with Gasteiger partial charge in [0.2, 0.25) is 0 Å². The number of amides is 1. The lowest BCUT2D eigenvalue weighted by molar-refractivity contribution is 0.0452. The van der Waals surface area contributed by atoms with Gasteiger partial charge in [0, 0.05) is 32.5 Å². The Labute approximate surface area is 193 Å². The van der Waals surface area contributed by atoms with Gasteiger partial charge in [-0.3, -0.25) is 4.99 Å². The third kappa shape index (κ3) is 7.98. The Balaban J connectivity index is 1.98. The van der Waals surface area contributed by atoms with Gasteiger partial charge in [0.25, 0.3) is 0 Å². The molecule has 0 bridgehead atoms.